The fourth-order valence-corrected chi connectivity index (χ4v) is 2.24. The number of para-hydroxylation sites is 1. The van der Waals surface area contributed by atoms with Gasteiger partial charge in [0.2, 0.25) is 0 Å². The first-order valence-electron chi connectivity index (χ1n) is 7.42. The third-order valence-electron chi connectivity index (χ3n) is 3.48. The molecule has 0 aromatic heterocycles. The molecule has 0 bridgehead atoms. The van der Waals surface area contributed by atoms with Crippen molar-refractivity contribution in [2.24, 2.45) is 0 Å². The van der Waals surface area contributed by atoms with Crippen LogP contribution in [0.2, 0.25) is 0 Å². The standard InChI is InChI=1S/C18H21NO3/c1-2-16(13-20)19(17-11-7-4-8-12-17)18(21)22-14-15-9-5-3-6-10-15/h3-12,16,20H,2,13-14H2,1H3. The van der Waals surface area contributed by atoms with Crippen LogP contribution >= 0.6 is 0 Å². The second kappa shape index (κ2) is 8.20. The number of nitrogens with zero attached hydrogens (tertiary/aromatic N) is 1. The maximum atomic E-state index is 12.5. The van der Waals surface area contributed by atoms with Crippen molar-refractivity contribution in [3.05, 3.63) is 66.2 Å². The molecule has 1 N–H and O–H groups in total. The van der Waals surface area contributed by atoms with Gasteiger partial charge < -0.3 is 9.84 Å². The van der Waals surface area contributed by atoms with Crippen LogP contribution in [0.5, 0.6) is 0 Å². The molecule has 0 aliphatic heterocycles. The summed E-state index contributed by atoms with van der Waals surface area (Å²) >= 11 is 0. The van der Waals surface area contributed by atoms with E-state index in [0.29, 0.717) is 6.42 Å². The Bertz CT molecular complexity index is 567. The summed E-state index contributed by atoms with van der Waals surface area (Å²) in [5.74, 6) is 0. The molecule has 116 valence electrons. The lowest BCUT2D eigenvalue weighted by atomic mass is 10.2. The zero-order valence-corrected chi connectivity index (χ0v) is 12.7. The summed E-state index contributed by atoms with van der Waals surface area (Å²) < 4.78 is 5.41. The highest BCUT2D eigenvalue weighted by atomic mass is 16.6. The van der Waals surface area contributed by atoms with E-state index in [4.69, 9.17) is 4.74 Å². The van der Waals surface area contributed by atoms with Crippen molar-refractivity contribution >= 4 is 11.8 Å². The van der Waals surface area contributed by atoms with Crippen molar-refractivity contribution in [1.29, 1.82) is 0 Å². The molecular weight excluding hydrogens is 278 g/mol. The number of amides is 1. The van der Waals surface area contributed by atoms with Crippen LogP contribution in [0.25, 0.3) is 0 Å². The highest BCUT2D eigenvalue weighted by Gasteiger charge is 2.24. The molecule has 0 heterocycles. The summed E-state index contributed by atoms with van der Waals surface area (Å²) in [4.78, 5) is 14.0. The van der Waals surface area contributed by atoms with Gasteiger partial charge in [-0.05, 0) is 24.1 Å². The van der Waals surface area contributed by atoms with Crippen LogP contribution in [0.1, 0.15) is 18.9 Å². The van der Waals surface area contributed by atoms with Gasteiger partial charge in [-0.2, -0.15) is 0 Å². The fourth-order valence-electron chi connectivity index (χ4n) is 2.24. The Morgan fingerprint density at radius 2 is 1.68 bits per heavy atom. The van der Waals surface area contributed by atoms with E-state index in [9.17, 15) is 9.90 Å². The van der Waals surface area contributed by atoms with Gasteiger partial charge in [-0.3, -0.25) is 4.90 Å². The third kappa shape index (κ3) is 4.09. The molecule has 2 rings (SSSR count). The largest absolute Gasteiger partial charge is 0.444 e. The summed E-state index contributed by atoms with van der Waals surface area (Å²) in [6.07, 6.45) is 0.196. The maximum Gasteiger partial charge on any atom is 0.414 e. The van der Waals surface area contributed by atoms with E-state index in [1.807, 2.05) is 67.6 Å². The Balaban J connectivity index is 2.12. The van der Waals surface area contributed by atoms with Gasteiger partial charge >= 0.3 is 6.09 Å². The van der Waals surface area contributed by atoms with Crippen LogP contribution in [0, 0.1) is 0 Å². The van der Waals surface area contributed by atoms with Gasteiger partial charge in [0.25, 0.3) is 0 Å². The molecule has 4 heteroatoms. The average Bonchev–Trinajstić information content (AvgIpc) is 2.59. The van der Waals surface area contributed by atoms with E-state index < -0.39 is 6.09 Å². The average molecular weight is 299 g/mol. The number of ether oxygens (including phenoxy) is 1. The minimum atomic E-state index is -0.448. The second-order valence-electron chi connectivity index (χ2n) is 4.99. The summed E-state index contributed by atoms with van der Waals surface area (Å²) in [5.41, 5.74) is 1.65. The number of benzene rings is 2. The quantitative estimate of drug-likeness (QED) is 0.886. The lowest BCUT2D eigenvalue weighted by molar-refractivity contribution is 0.139. The molecule has 0 aliphatic rings. The molecule has 4 nitrogen and oxygen atoms in total. The van der Waals surface area contributed by atoms with Gasteiger partial charge in [0.15, 0.2) is 0 Å². The van der Waals surface area contributed by atoms with Crippen LogP contribution in [-0.2, 0) is 11.3 Å². The Labute approximate surface area is 131 Å². The first-order chi connectivity index (χ1) is 10.8. The normalized spacial score (nSPS) is 11.7. The van der Waals surface area contributed by atoms with E-state index in [-0.39, 0.29) is 19.3 Å². The lowest BCUT2D eigenvalue weighted by Gasteiger charge is -2.29. The minimum absolute atomic E-state index is 0.105. The summed E-state index contributed by atoms with van der Waals surface area (Å²) in [5, 5.41) is 9.54. The number of hydrogen-bond acceptors (Lipinski definition) is 3. The van der Waals surface area contributed by atoms with Crippen LogP contribution in [-0.4, -0.2) is 23.8 Å². The molecular formula is C18H21NO3. The monoisotopic (exact) mass is 299 g/mol. The van der Waals surface area contributed by atoms with Crippen molar-refractivity contribution in [2.45, 2.75) is 26.0 Å². The number of hydrogen-bond donors (Lipinski definition) is 1. The number of carbonyl (C=O) groups is 1. The van der Waals surface area contributed by atoms with Crippen LogP contribution in [0.15, 0.2) is 60.7 Å². The van der Waals surface area contributed by atoms with E-state index in [1.165, 1.54) is 4.90 Å². The first-order valence-corrected chi connectivity index (χ1v) is 7.42. The van der Waals surface area contributed by atoms with Gasteiger partial charge in [0.1, 0.15) is 6.61 Å². The Morgan fingerprint density at radius 3 is 2.23 bits per heavy atom. The molecule has 0 saturated carbocycles. The fraction of sp³-hybridized carbons (Fsp3) is 0.278. The van der Waals surface area contributed by atoms with Crippen LogP contribution < -0.4 is 4.90 Å². The highest BCUT2D eigenvalue weighted by molar-refractivity contribution is 5.88. The molecule has 0 aliphatic carbocycles. The summed E-state index contributed by atoms with van der Waals surface area (Å²) in [6.45, 7) is 2.04. The molecule has 0 saturated heterocycles. The van der Waals surface area contributed by atoms with E-state index in [0.717, 1.165) is 11.3 Å². The predicted molar refractivity (Wildman–Crippen MR) is 86.7 cm³/mol. The van der Waals surface area contributed by atoms with Crippen LogP contribution in [0.4, 0.5) is 10.5 Å². The smallest absolute Gasteiger partial charge is 0.414 e. The van der Waals surface area contributed by atoms with Crippen LogP contribution in [0.3, 0.4) is 0 Å². The Hall–Kier alpha value is -2.33. The Morgan fingerprint density at radius 1 is 1.09 bits per heavy atom. The highest BCUT2D eigenvalue weighted by Crippen LogP contribution is 2.20. The predicted octanol–water partition coefficient (Wildman–Crippen LogP) is 3.60. The van der Waals surface area contributed by atoms with Gasteiger partial charge in [0.05, 0.1) is 12.6 Å². The SMILES string of the molecule is CCC(CO)N(C(=O)OCc1ccccc1)c1ccccc1. The molecule has 1 amide bonds. The topological polar surface area (TPSA) is 49.8 Å². The molecule has 0 radical (unpaired) electrons. The maximum absolute atomic E-state index is 12.5. The van der Waals surface area contributed by atoms with E-state index in [2.05, 4.69) is 0 Å². The van der Waals surface area contributed by atoms with Crippen molar-refractivity contribution < 1.29 is 14.6 Å². The van der Waals surface area contributed by atoms with Gasteiger partial charge in [-0.1, -0.05) is 55.5 Å². The number of carbonyl (C=O) groups excluding carboxylic acids is 1. The molecule has 1 atom stereocenters. The van der Waals surface area contributed by atoms with E-state index >= 15 is 0 Å². The molecule has 0 fully saturated rings. The summed E-state index contributed by atoms with van der Waals surface area (Å²) in [7, 11) is 0. The van der Waals surface area contributed by atoms with Gasteiger partial charge in [-0.25, -0.2) is 4.79 Å². The van der Waals surface area contributed by atoms with Crippen molar-refractivity contribution in [3.8, 4) is 0 Å². The number of aliphatic hydroxyl groups excluding tert-OH is 1. The molecule has 1 unspecified atom stereocenters. The van der Waals surface area contributed by atoms with Gasteiger partial charge in [-0.15, -0.1) is 0 Å². The molecule has 2 aromatic carbocycles. The first kappa shape index (κ1) is 16.0. The van der Waals surface area contributed by atoms with Crippen molar-refractivity contribution in [3.63, 3.8) is 0 Å². The Kier molecular flexibility index (Phi) is 5.98. The second-order valence-corrected chi connectivity index (χ2v) is 4.99. The zero-order chi connectivity index (χ0) is 15.8. The molecule has 2 aromatic rings. The molecule has 22 heavy (non-hydrogen) atoms. The van der Waals surface area contributed by atoms with Crippen molar-refractivity contribution in [2.75, 3.05) is 11.5 Å². The third-order valence-corrected chi connectivity index (χ3v) is 3.48. The number of aliphatic hydroxyl groups is 1. The molecule has 0 spiro atoms. The zero-order valence-electron chi connectivity index (χ0n) is 12.7. The number of anilines is 1. The van der Waals surface area contributed by atoms with Crippen molar-refractivity contribution in [1.82, 2.24) is 0 Å². The van der Waals surface area contributed by atoms with Gasteiger partial charge in [0, 0.05) is 5.69 Å². The lowest BCUT2D eigenvalue weighted by Crippen LogP contribution is -2.42. The number of rotatable bonds is 6. The van der Waals surface area contributed by atoms with E-state index in [1.54, 1.807) is 0 Å². The summed E-state index contributed by atoms with van der Waals surface area (Å²) in [6, 6.07) is 18.5. The minimum Gasteiger partial charge on any atom is -0.444 e.